The minimum Gasteiger partial charge on any atom is -0.481 e. The van der Waals surface area contributed by atoms with Gasteiger partial charge in [0.25, 0.3) is 0 Å². The minimum atomic E-state index is -0.550. The number of carbonyl (C=O) groups is 2. The van der Waals surface area contributed by atoms with Gasteiger partial charge in [0, 0.05) is 12.3 Å². The molecular weight excluding hydrogens is 436 g/mol. The predicted molar refractivity (Wildman–Crippen MR) is 138 cm³/mol. The van der Waals surface area contributed by atoms with Gasteiger partial charge in [0.05, 0.1) is 5.41 Å². The summed E-state index contributed by atoms with van der Waals surface area (Å²) >= 11 is 0. The number of rotatable bonds is 2. The van der Waals surface area contributed by atoms with E-state index in [1.165, 1.54) is 18.4 Å². The fraction of sp³-hybridized carbons (Fsp3) is 0.871. The maximum atomic E-state index is 12.7. The summed E-state index contributed by atoms with van der Waals surface area (Å²) in [6, 6.07) is 0. The number of ether oxygens (including phenoxy) is 1. The van der Waals surface area contributed by atoms with Crippen molar-refractivity contribution in [2.24, 2.45) is 50.7 Å². The molecule has 0 aromatic heterocycles. The summed E-state index contributed by atoms with van der Waals surface area (Å²) < 4.78 is 5.86. The molecule has 0 heterocycles. The zero-order valence-corrected chi connectivity index (χ0v) is 23.2. The Balaban J connectivity index is 1.54. The Morgan fingerprint density at radius 2 is 1.66 bits per heavy atom. The van der Waals surface area contributed by atoms with Gasteiger partial charge in [-0.1, -0.05) is 53.2 Å². The third-order valence-corrected chi connectivity index (χ3v) is 13.0. The molecule has 0 spiro atoms. The second-order valence-corrected chi connectivity index (χ2v) is 14.6. The first-order valence-electron chi connectivity index (χ1n) is 14.3. The molecule has 9 atom stereocenters. The fourth-order valence-corrected chi connectivity index (χ4v) is 10.9. The fourth-order valence-electron chi connectivity index (χ4n) is 10.9. The van der Waals surface area contributed by atoms with Crippen molar-refractivity contribution >= 4 is 11.9 Å². The molecule has 9 unspecified atom stereocenters. The molecule has 0 saturated heterocycles. The monoisotopic (exact) mass is 484 g/mol. The zero-order valence-electron chi connectivity index (χ0n) is 23.2. The van der Waals surface area contributed by atoms with Gasteiger partial charge in [0.1, 0.15) is 6.10 Å². The predicted octanol–water partition coefficient (Wildman–Crippen LogP) is 7.41. The summed E-state index contributed by atoms with van der Waals surface area (Å²) in [4.78, 5) is 24.6. The van der Waals surface area contributed by atoms with Gasteiger partial charge in [0.15, 0.2) is 0 Å². The number of carboxylic acid groups (broad SMARTS) is 1. The van der Waals surface area contributed by atoms with Crippen LogP contribution in [-0.4, -0.2) is 23.1 Å². The quantitative estimate of drug-likeness (QED) is 0.327. The van der Waals surface area contributed by atoms with Crippen LogP contribution in [-0.2, 0) is 14.3 Å². The van der Waals surface area contributed by atoms with Crippen LogP contribution < -0.4 is 0 Å². The van der Waals surface area contributed by atoms with Crippen LogP contribution in [0.5, 0.6) is 0 Å². The topological polar surface area (TPSA) is 63.6 Å². The SMILES string of the molecule is CC(=O)OC1CCC2(C)C(CCC3(C)C2CC=C2C4CC(C)CCC4(C(=O)O)CCC23C)C1(C)C. The number of hydrogen-bond acceptors (Lipinski definition) is 3. The molecule has 5 aliphatic carbocycles. The molecule has 4 heteroatoms. The smallest absolute Gasteiger partial charge is 0.310 e. The maximum Gasteiger partial charge on any atom is 0.310 e. The number of esters is 1. The standard InChI is InChI=1S/C31H48O4/c1-19-10-15-31(26(33)34)17-16-29(6)21(22(31)18-19)8-9-24-28(5)13-12-25(35-20(2)32)27(3,4)23(28)11-14-30(24,29)7/h8,19,22-25H,9-18H2,1-7H3,(H,33,34). The summed E-state index contributed by atoms with van der Waals surface area (Å²) in [6.07, 6.45) is 12.8. The second kappa shape index (κ2) is 7.84. The normalized spacial score (nSPS) is 50.5. The summed E-state index contributed by atoms with van der Waals surface area (Å²) in [5.74, 6) is 1.20. The van der Waals surface area contributed by atoms with Crippen LogP contribution in [0.1, 0.15) is 113 Å². The molecule has 0 aliphatic heterocycles. The van der Waals surface area contributed by atoms with Gasteiger partial charge >= 0.3 is 11.9 Å². The summed E-state index contributed by atoms with van der Waals surface area (Å²) in [5, 5.41) is 10.5. The second-order valence-electron chi connectivity index (χ2n) is 14.6. The highest BCUT2D eigenvalue weighted by atomic mass is 16.5. The largest absolute Gasteiger partial charge is 0.481 e. The van der Waals surface area contributed by atoms with Crippen molar-refractivity contribution in [3.63, 3.8) is 0 Å². The van der Waals surface area contributed by atoms with E-state index in [-0.39, 0.29) is 39.7 Å². The van der Waals surface area contributed by atoms with Crippen molar-refractivity contribution in [3.8, 4) is 0 Å². The first kappa shape index (κ1) is 25.3. The molecular formula is C31H48O4. The van der Waals surface area contributed by atoms with Crippen molar-refractivity contribution in [3.05, 3.63) is 11.6 Å². The van der Waals surface area contributed by atoms with Gasteiger partial charge in [-0.05, 0) is 104 Å². The van der Waals surface area contributed by atoms with Crippen LogP contribution >= 0.6 is 0 Å². The molecule has 4 saturated carbocycles. The van der Waals surface area contributed by atoms with Crippen LogP contribution in [0.4, 0.5) is 0 Å². The van der Waals surface area contributed by atoms with E-state index in [4.69, 9.17) is 4.74 Å². The molecule has 0 radical (unpaired) electrons. The van der Waals surface area contributed by atoms with E-state index < -0.39 is 11.4 Å². The van der Waals surface area contributed by atoms with Crippen LogP contribution in [0, 0.1) is 50.7 Å². The van der Waals surface area contributed by atoms with E-state index in [0.717, 1.165) is 51.4 Å². The first-order chi connectivity index (χ1) is 16.2. The molecule has 35 heavy (non-hydrogen) atoms. The summed E-state index contributed by atoms with van der Waals surface area (Å²) in [7, 11) is 0. The van der Waals surface area contributed by atoms with Crippen molar-refractivity contribution in [2.45, 2.75) is 119 Å². The van der Waals surface area contributed by atoms with E-state index in [1.54, 1.807) is 6.92 Å². The van der Waals surface area contributed by atoms with Crippen molar-refractivity contribution in [1.82, 2.24) is 0 Å². The zero-order chi connectivity index (χ0) is 25.6. The lowest BCUT2D eigenvalue weighted by atomic mass is 9.34. The Kier molecular flexibility index (Phi) is 5.67. The molecule has 196 valence electrons. The average molecular weight is 485 g/mol. The Bertz CT molecular complexity index is 950. The van der Waals surface area contributed by atoms with Crippen molar-refractivity contribution in [2.75, 3.05) is 0 Å². The third kappa shape index (κ3) is 3.22. The Morgan fingerprint density at radius 1 is 0.943 bits per heavy atom. The van der Waals surface area contributed by atoms with Gasteiger partial charge in [-0.2, -0.15) is 0 Å². The number of carboxylic acids is 1. The number of fused-ring (bicyclic) bond motifs is 7. The van der Waals surface area contributed by atoms with Gasteiger partial charge in [-0.25, -0.2) is 0 Å². The van der Waals surface area contributed by atoms with E-state index in [0.29, 0.717) is 17.8 Å². The Hall–Kier alpha value is -1.32. The van der Waals surface area contributed by atoms with Crippen LogP contribution in [0.3, 0.4) is 0 Å². The van der Waals surface area contributed by atoms with Gasteiger partial charge in [-0.15, -0.1) is 0 Å². The first-order valence-corrected chi connectivity index (χ1v) is 14.3. The minimum absolute atomic E-state index is 0.00213. The van der Waals surface area contributed by atoms with Crippen LogP contribution in [0.25, 0.3) is 0 Å². The van der Waals surface area contributed by atoms with Crippen molar-refractivity contribution in [1.29, 1.82) is 0 Å². The molecule has 4 nitrogen and oxygen atoms in total. The van der Waals surface area contributed by atoms with Crippen molar-refractivity contribution < 1.29 is 19.4 Å². The molecule has 4 fully saturated rings. The molecule has 0 bridgehead atoms. The third-order valence-electron chi connectivity index (χ3n) is 13.0. The van der Waals surface area contributed by atoms with E-state index >= 15 is 0 Å². The highest BCUT2D eigenvalue weighted by molar-refractivity contribution is 5.76. The number of carbonyl (C=O) groups excluding carboxylic acids is 1. The lowest BCUT2D eigenvalue weighted by Gasteiger charge is -2.71. The van der Waals surface area contributed by atoms with E-state index in [9.17, 15) is 14.7 Å². The number of aliphatic carboxylic acids is 1. The van der Waals surface area contributed by atoms with Crippen LogP contribution in [0.2, 0.25) is 0 Å². The Labute approximate surface area is 212 Å². The molecule has 5 aliphatic rings. The van der Waals surface area contributed by atoms with Gasteiger partial charge in [0.2, 0.25) is 0 Å². The summed E-state index contributed by atoms with van der Waals surface area (Å²) in [5.41, 5.74) is 1.38. The Morgan fingerprint density at radius 3 is 2.31 bits per heavy atom. The number of hydrogen-bond donors (Lipinski definition) is 1. The molecule has 0 aromatic carbocycles. The molecule has 0 amide bonds. The summed E-state index contributed by atoms with van der Waals surface area (Å²) in [6.45, 7) is 16.2. The van der Waals surface area contributed by atoms with Gasteiger partial charge in [-0.3, -0.25) is 9.59 Å². The molecule has 0 aromatic rings. The van der Waals surface area contributed by atoms with E-state index in [1.807, 2.05) is 0 Å². The van der Waals surface area contributed by atoms with E-state index in [2.05, 4.69) is 47.6 Å². The number of allylic oxidation sites excluding steroid dienone is 2. The maximum absolute atomic E-state index is 12.7. The lowest BCUT2D eigenvalue weighted by Crippen LogP contribution is -2.65. The van der Waals surface area contributed by atoms with Gasteiger partial charge < -0.3 is 9.84 Å². The average Bonchev–Trinajstić information content (AvgIpc) is 2.76. The molecule has 1 N–H and O–H groups in total. The van der Waals surface area contributed by atoms with Crippen LogP contribution in [0.15, 0.2) is 11.6 Å². The lowest BCUT2D eigenvalue weighted by molar-refractivity contribution is -0.212. The highest BCUT2D eigenvalue weighted by Gasteiger charge is 2.69. The molecule has 5 rings (SSSR count). The highest BCUT2D eigenvalue weighted by Crippen LogP contribution is 2.75.